The van der Waals surface area contributed by atoms with Crippen molar-refractivity contribution in [2.75, 3.05) is 12.4 Å². The molecule has 0 radical (unpaired) electrons. The molecule has 4 rings (SSSR count). The fourth-order valence-corrected chi connectivity index (χ4v) is 3.17. The molecule has 1 heterocycles. The minimum atomic E-state index is 0.800. The molecule has 0 spiro atoms. The SMILES string of the molecule is CCc1ccc(CNc2ccc3c(c2)ncn3-c2ccc(OC)cc2)cc1. The maximum atomic E-state index is 5.23. The summed E-state index contributed by atoms with van der Waals surface area (Å²) < 4.78 is 7.32. The van der Waals surface area contributed by atoms with Crippen LogP contribution in [0, 0.1) is 0 Å². The predicted octanol–water partition coefficient (Wildman–Crippen LogP) is 5.21. The Balaban J connectivity index is 1.52. The van der Waals surface area contributed by atoms with Gasteiger partial charge in [-0.25, -0.2) is 4.98 Å². The lowest BCUT2D eigenvalue weighted by Crippen LogP contribution is -1.99. The highest BCUT2D eigenvalue weighted by atomic mass is 16.5. The normalized spacial score (nSPS) is 10.9. The summed E-state index contributed by atoms with van der Waals surface area (Å²) in [5.74, 6) is 0.849. The summed E-state index contributed by atoms with van der Waals surface area (Å²) in [5.41, 5.74) is 6.83. The first-order valence-electron chi connectivity index (χ1n) is 9.20. The van der Waals surface area contributed by atoms with Crippen molar-refractivity contribution in [3.63, 3.8) is 0 Å². The van der Waals surface area contributed by atoms with Crippen LogP contribution in [0.15, 0.2) is 73.1 Å². The van der Waals surface area contributed by atoms with Crippen LogP contribution in [0.1, 0.15) is 18.1 Å². The van der Waals surface area contributed by atoms with E-state index in [1.807, 2.05) is 30.6 Å². The number of aryl methyl sites for hydroxylation is 1. The molecule has 0 bridgehead atoms. The highest BCUT2D eigenvalue weighted by molar-refractivity contribution is 5.81. The Morgan fingerprint density at radius 3 is 2.37 bits per heavy atom. The van der Waals surface area contributed by atoms with E-state index in [0.717, 1.165) is 41.1 Å². The zero-order valence-electron chi connectivity index (χ0n) is 15.6. The Labute approximate surface area is 159 Å². The summed E-state index contributed by atoms with van der Waals surface area (Å²) in [6, 6.07) is 23.0. The number of benzene rings is 3. The molecule has 1 aromatic heterocycles. The molecule has 0 fully saturated rings. The van der Waals surface area contributed by atoms with Crippen LogP contribution in [-0.4, -0.2) is 16.7 Å². The van der Waals surface area contributed by atoms with E-state index in [1.54, 1.807) is 7.11 Å². The Morgan fingerprint density at radius 2 is 1.67 bits per heavy atom. The third-order valence-electron chi connectivity index (χ3n) is 4.83. The average Bonchev–Trinajstić information content (AvgIpc) is 3.16. The van der Waals surface area contributed by atoms with Gasteiger partial charge in [-0.1, -0.05) is 31.2 Å². The number of fused-ring (bicyclic) bond motifs is 1. The van der Waals surface area contributed by atoms with Crippen LogP contribution in [0.5, 0.6) is 5.75 Å². The Kier molecular flexibility index (Phi) is 4.79. The van der Waals surface area contributed by atoms with Crippen molar-refractivity contribution in [3.05, 3.63) is 84.2 Å². The third kappa shape index (κ3) is 3.65. The molecule has 4 aromatic rings. The number of aromatic nitrogens is 2. The van der Waals surface area contributed by atoms with E-state index in [-0.39, 0.29) is 0 Å². The van der Waals surface area contributed by atoms with Crippen molar-refractivity contribution in [3.8, 4) is 11.4 Å². The number of ether oxygens (including phenoxy) is 1. The van der Waals surface area contributed by atoms with E-state index in [2.05, 4.69) is 64.3 Å². The van der Waals surface area contributed by atoms with Gasteiger partial charge in [-0.3, -0.25) is 4.57 Å². The van der Waals surface area contributed by atoms with E-state index in [4.69, 9.17) is 4.74 Å². The molecule has 0 atom stereocenters. The number of rotatable bonds is 6. The van der Waals surface area contributed by atoms with Gasteiger partial charge >= 0.3 is 0 Å². The van der Waals surface area contributed by atoms with Crippen LogP contribution in [0.2, 0.25) is 0 Å². The second kappa shape index (κ2) is 7.54. The molecule has 0 aliphatic rings. The number of hydrogen-bond acceptors (Lipinski definition) is 3. The summed E-state index contributed by atoms with van der Waals surface area (Å²) in [5, 5.41) is 3.49. The van der Waals surface area contributed by atoms with Gasteiger partial charge < -0.3 is 10.1 Å². The maximum Gasteiger partial charge on any atom is 0.119 e. The second-order valence-electron chi connectivity index (χ2n) is 6.54. The quantitative estimate of drug-likeness (QED) is 0.515. The molecule has 136 valence electrons. The lowest BCUT2D eigenvalue weighted by atomic mass is 10.1. The molecule has 0 aliphatic carbocycles. The fraction of sp³-hybridized carbons (Fsp3) is 0.174. The summed E-state index contributed by atoms with van der Waals surface area (Å²) in [7, 11) is 1.67. The first-order chi connectivity index (χ1) is 13.3. The van der Waals surface area contributed by atoms with Crippen molar-refractivity contribution in [2.24, 2.45) is 0 Å². The lowest BCUT2D eigenvalue weighted by molar-refractivity contribution is 0.415. The molecular formula is C23H23N3O. The molecule has 3 aromatic carbocycles. The van der Waals surface area contributed by atoms with Crippen molar-refractivity contribution >= 4 is 16.7 Å². The monoisotopic (exact) mass is 357 g/mol. The third-order valence-corrected chi connectivity index (χ3v) is 4.83. The summed E-state index contributed by atoms with van der Waals surface area (Å²) in [6.45, 7) is 2.97. The zero-order chi connectivity index (χ0) is 18.6. The van der Waals surface area contributed by atoms with Crippen molar-refractivity contribution in [1.29, 1.82) is 0 Å². The smallest absolute Gasteiger partial charge is 0.119 e. The lowest BCUT2D eigenvalue weighted by Gasteiger charge is -2.09. The van der Waals surface area contributed by atoms with Gasteiger partial charge in [-0.15, -0.1) is 0 Å². The Morgan fingerprint density at radius 1 is 0.926 bits per heavy atom. The molecule has 0 saturated carbocycles. The molecular weight excluding hydrogens is 334 g/mol. The van der Waals surface area contributed by atoms with Gasteiger partial charge in [-0.2, -0.15) is 0 Å². The van der Waals surface area contributed by atoms with Gasteiger partial charge in [0.1, 0.15) is 12.1 Å². The first-order valence-corrected chi connectivity index (χ1v) is 9.20. The summed E-state index contributed by atoms with van der Waals surface area (Å²) in [6.07, 6.45) is 2.93. The molecule has 0 aliphatic heterocycles. The van der Waals surface area contributed by atoms with Crippen LogP contribution < -0.4 is 10.1 Å². The van der Waals surface area contributed by atoms with Gasteiger partial charge in [-0.05, 0) is 60.0 Å². The average molecular weight is 357 g/mol. The predicted molar refractivity (Wildman–Crippen MR) is 111 cm³/mol. The minimum absolute atomic E-state index is 0.800. The number of anilines is 1. The van der Waals surface area contributed by atoms with E-state index >= 15 is 0 Å². The van der Waals surface area contributed by atoms with E-state index in [0.29, 0.717) is 0 Å². The molecule has 4 nitrogen and oxygen atoms in total. The number of hydrogen-bond donors (Lipinski definition) is 1. The van der Waals surface area contributed by atoms with E-state index in [1.165, 1.54) is 11.1 Å². The highest BCUT2D eigenvalue weighted by Crippen LogP contribution is 2.23. The molecule has 0 amide bonds. The van der Waals surface area contributed by atoms with Gasteiger partial charge in [0.15, 0.2) is 0 Å². The van der Waals surface area contributed by atoms with Crippen LogP contribution in [0.25, 0.3) is 16.7 Å². The molecule has 0 saturated heterocycles. The number of nitrogens with one attached hydrogen (secondary N) is 1. The maximum absolute atomic E-state index is 5.23. The highest BCUT2D eigenvalue weighted by Gasteiger charge is 2.06. The van der Waals surface area contributed by atoms with Gasteiger partial charge in [0.2, 0.25) is 0 Å². The topological polar surface area (TPSA) is 39.1 Å². The van der Waals surface area contributed by atoms with Crippen LogP contribution in [-0.2, 0) is 13.0 Å². The summed E-state index contributed by atoms with van der Waals surface area (Å²) >= 11 is 0. The Bertz CT molecular complexity index is 1030. The minimum Gasteiger partial charge on any atom is -0.497 e. The first kappa shape index (κ1) is 17.2. The van der Waals surface area contributed by atoms with Gasteiger partial charge in [0.25, 0.3) is 0 Å². The van der Waals surface area contributed by atoms with E-state index in [9.17, 15) is 0 Å². The van der Waals surface area contributed by atoms with E-state index < -0.39 is 0 Å². The summed E-state index contributed by atoms with van der Waals surface area (Å²) in [4.78, 5) is 4.57. The zero-order valence-corrected chi connectivity index (χ0v) is 15.6. The van der Waals surface area contributed by atoms with Crippen molar-refractivity contribution in [1.82, 2.24) is 9.55 Å². The van der Waals surface area contributed by atoms with Gasteiger partial charge in [0, 0.05) is 17.9 Å². The molecule has 1 N–H and O–H groups in total. The standard InChI is InChI=1S/C23H23N3O/c1-3-17-4-6-18(7-5-17)15-24-19-8-13-23-22(14-19)25-16-26(23)20-9-11-21(27-2)12-10-20/h4-14,16,24H,3,15H2,1-2H3. The van der Waals surface area contributed by atoms with Crippen LogP contribution in [0.4, 0.5) is 5.69 Å². The largest absolute Gasteiger partial charge is 0.497 e. The molecule has 0 unspecified atom stereocenters. The van der Waals surface area contributed by atoms with Crippen molar-refractivity contribution in [2.45, 2.75) is 19.9 Å². The van der Waals surface area contributed by atoms with Crippen LogP contribution in [0.3, 0.4) is 0 Å². The fourth-order valence-electron chi connectivity index (χ4n) is 3.17. The van der Waals surface area contributed by atoms with Crippen molar-refractivity contribution < 1.29 is 4.74 Å². The van der Waals surface area contributed by atoms with Gasteiger partial charge in [0.05, 0.1) is 18.1 Å². The number of imidazole rings is 1. The second-order valence-corrected chi connectivity index (χ2v) is 6.54. The molecule has 27 heavy (non-hydrogen) atoms. The number of nitrogens with zero attached hydrogens (tertiary/aromatic N) is 2. The van der Waals surface area contributed by atoms with Crippen LogP contribution >= 0.6 is 0 Å². The molecule has 4 heteroatoms. The Hall–Kier alpha value is -3.27. The number of methoxy groups -OCH3 is 1.